The number of hydrogen-bond acceptors (Lipinski definition) is 5. The van der Waals surface area contributed by atoms with Crippen LogP contribution in [0.4, 0.5) is 11.4 Å². The summed E-state index contributed by atoms with van der Waals surface area (Å²) in [6.45, 7) is 1.45. The van der Waals surface area contributed by atoms with Gasteiger partial charge < -0.3 is 10.0 Å². The van der Waals surface area contributed by atoms with Crippen molar-refractivity contribution in [2.24, 2.45) is 14.1 Å². The second-order valence-corrected chi connectivity index (χ2v) is 9.10. The van der Waals surface area contributed by atoms with Gasteiger partial charge in [0.05, 0.1) is 22.8 Å². The third-order valence-electron chi connectivity index (χ3n) is 7.20. The Balaban J connectivity index is 1.49. The summed E-state index contributed by atoms with van der Waals surface area (Å²) in [6.07, 6.45) is 1.10. The van der Waals surface area contributed by atoms with E-state index in [0.717, 1.165) is 29.7 Å². The van der Waals surface area contributed by atoms with Crippen LogP contribution in [0.1, 0.15) is 33.6 Å². The molecule has 0 spiro atoms. The summed E-state index contributed by atoms with van der Waals surface area (Å²) in [5, 5.41) is 11.4. The quantitative estimate of drug-likeness (QED) is 0.469. The minimum Gasteiger partial charge on any atom is -0.393 e. The molecule has 0 bridgehead atoms. The van der Waals surface area contributed by atoms with Crippen molar-refractivity contribution in [1.82, 2.24) is 9.13 Å². The zero-order valence-corrected chi connectivity index (χ0v) is 19.0. The van der Waals surface area contributed by atoms with Crippen LogP contribution in [0.2, 0.25) is 0 Å². The van der Waals surface area contributed by atoms with E-state index in [4.69, 9.17) is 0 Å². The van der Waals surface area contributed by atoms with Gasteiger partial charge in [-0.05, 0) is 49.2 Å². The van der Waals surface area contributed by atoms with Crippen molar-refractivity contribution in [1.29, 1.82) is 0 Å². The number of carbonyl (C=O) groups excluding carboxylic acids is 2. The number of aliphatic hydroxyl groups excluding tert-OH is 1. The molecule has 0 radical (unpaired) electrons. The smallest absolute Gasteiger partial charge is 0.328 e. The Morgan fingerprint density at radius 3 is 2.24 bits per heavy atom. The number of imidazole rings is 1. The Labute approximate surface area is 195 Å². The molecule has 0 saturated carbocycles. The number of rotatable bonds is 2. The molecule has 172 valence electrons. The van der Waals surface area contributed by atoms with E-state index in [1.165, 1.54) is 14.0 Å². The number of amides is 2. The molecule has 0 atom stereocenters. The first-order valence-electron chi connectivity index (χ1n) is 11.4. The van der Waals surface area contributed by atoms with Gasteiger partial charge in [-0.15, -0.1) is 0 Å². The summed E-state index contributed by atoms with van der Waals surface area (Å²) < 4.78 is 3.05. The Morgan fingerprint density at radius 1 is 0.824 bits per heavy atom. The SMILES string of the molecule is Cn1c(=O)n(C)c2cc(N3C(=O)c4cccc5c(N6CCC(O)CC6)ccc(c45)C3=O)ccc21. The summed E-state index contributed by atoms with van der Waals surface area (Å²) in [5.74, 6) is -0.760. The molecule has 0 unspecified atom stereocenters. The number of nitrogens with zero attached hydrogens (tertiary/aromatic N) is 4. The number of anilines is 2. The van der Waals surface area contributed by atoms with Crippen LogP contribution in [0.3, 0.4) is 0 Å². The van der Waals surface area contributed by atoms with Crippen LogP contribution in [0, 0.1) is 0 Å². The van der Waals surface area contributed by atoms with Gasteiger partial charge in [-0.25, -0.2) is 9.69 Å². The average Bonchev–Trinajstić information content (AvgIpc) is 3.06. The lowest BCUT2D eigenvalue weighted by atomic mass is 9.92. The van der Waals surface area contributed by atoms with Gasteiger partial charge in [0.1, 0.15) is 0 Å². The number of aromatic nitrogens is 2. The highest BCUT2D eigenvalue weighted by atomic mass is 16.3. The van der Waals surface area contributed by atoms with Crippen LogP contribution in [-0.4, -0.2) is 45.2 Å². The molecule has 2 amide bonds. The largest absolute Gasteiger partial charge is 0.393 e. The van der Waals surface area contributed by atoms with E-state index in [9.17, 15) is 19.5 Å². The average molecular weight is 457 g/mol. The summed E-state index contributed by atoms with van der Waals surface area (Å²) in [5.41, 5.74) is 3.57. The number of hydrogen-bond donors (Lipinski definition) is 1. The topological polar surface area (TPSA) is 87.8 Å². The molecule has 2 aliphatic rings. The third kappa shape index (κ3) is 2.78. The van der Waals surface area contributed by atoms with Gasteiger partial charge in [0.15, 0.2) is 0 Å². The first kappa shape index (κ1) is 20.7. The first-order chi connectivity index (χ1) is 16.4. The Kier molecular flexibility index (Phi) is 4.44. The molecule has 34 heavy (non-hydrogen) atoms. The Morgan fingerprint density at radius 2 is 1.50 bits per heavy atom. The van der Waals surface area contributed by atoms with Crippen molar-refractivity contribution >= 4 is 45.0 Å². The van der Waals surface area contributed by atoms with Gasteiger partial charge >= 0.3 is 5.69 Å². The molecule has 2 aliphatic heterocycles. The van der Waals surface area contributed by atoms with Crippen molar-refractivity contribution in [3.05, 3.63) is 70.1 Å². The fourth-order valence-electron chi connectivity index (χ4n) is 5.33. The normalized spacial score (nSPS) is 16.8. The summed E-state index contributed by atoms with van der Waals surface area (Å²) in [6, 6.07) is 14.5. The maximum Gasteiger partial charge on any atom is 0.328 e. The zero-order chi connectivity index (χ0) is 23.7. The molecule has 1 saturated heterocycles. The van der Waals surface area contributed by atoms with Gasteiger partial charge in [-0.3, -0.25) is 18.7 Å². The van der Waals surface area contributed by atoms with Gasteiger partial charge in [-0.2, -0.15) is 0 Å². The lowest BCUT2D eigenvalue weighted by Gasteiger charge is -2.34. The number of carbonyl (C=O) groups is 2. The van der Waals surface area contributed by atoms with Crippen LogP contribution < -0.4 is 15.5 Å². The Bertz CT molecular complexity index is 1550. The molecular formula is C26H24N4O4. The predicted molar refractivity (Wildman–Crippen MR) is 131 cm³/mol. The molecule has 1 N–H and O–H groups in total. The van der Waals surface area contributed by atoms with Crippen LogP contribution in [0.15, 0.2) is 53.3 Å². The van der Waals surface area contributed by atoms with Crippen LogP contribution in [-0.2, 0) is 14.1 Å². The first-order valence-corrected chi connectivity index (χ1v) is 11.4. The van der Waals surface area contributed by atoms with Crippen molar-refractivity contribution in [2.75, 3.05) is 22.9 Å². The van der Waals surface area contributed by atoms with Crippen molar-refractivity contribution in [3.8, 4) is 0 Å². The lowest BCUT2D eigenvalue weighted by molar-refractivity contribution is 0.0893. The van der Waals surface area contributed by atoms with Gasteiger partial charge in [0.25, 0.3) is 11.8 Å². The fraction of sp³-hybridized carbons (Fsp3) is 0.269. The zero-order valence-electron chi connectivity index (χ0n) is 19.0. The standard InChI is InChI=1S/C26H24N4O4/c1-27-21-8-6-15(14-22(21)28(2)26(27)34)30-24(32)18-5-3-4-17-20(29-12-10-16(31)11-13-29)9-7-19(23(17)18)25(30)33/h3-9,14,16,31H,10-13H2,1-2H3. The van der Waals surface area contributed by atoms with Gasteiger partial charge in [0, 0.05) is 54.8 Å². The second kappa shape index (κ2) is 7.30. The van der Waals surface area contributed by atoms with Gasteiger partial charge in [0.2, 0.25) is 0 Å². The predicted octanol–water partition coefficient (Wildman–Crippen LogP) is 2.79. The van der Waals surface area contributed by atoms with E-state index < -0.39 is 0 Å². The van der Waals surface area contributed by atoms with Crippen LogP contribution >= 0.6 is 0 Å². The maximum absolute atomic E-state index is 13.6. The number of imide groups is 1. The molecule has 0 aliphatic carbocycles. The van der Waals surface area contributed by atoms with Gasteiger partial charge in [-0.1, -0.05) is 12.1 Å². The van der Waals surface area contributed by atoms with E-state index >= 15 is 0 Å². The fourth-order valence-corrected chi connectivity index (χ4v) is 5.33. The lowest BCUT2D eigenvalue weighted by Crippen LogP contribution is -2.41. The molecule has 3 heterocycles. The minimum absolute atomic E-state index is 0.170. The van der Waals surface area contributed by atoms with Crippen molar-refractivity contribution in [2.45, 2.75) is 18.9 Å². The molecule has 1 fully saturated rings. The molecule has 6 rings (SSSR count). The number of aryl methyl sites for hydroxylation is 2. The molecule has 4 aromatic rings. The molecule has 1 aromatic heterocycles. The van der Waals surface area contributed by atoms with Crippen LogP contribution in [0.25, 0.3) is 21.8 Å². The van der Waals surface area contributed by atoms with Crippen molar-refractivity contribution < 1.29 is 14.7 Å². The highest BCUT2D eigenvalue weighted by Gasteiger charge is 2.35. The second-order valence-electron chi connectivity index (χ2n) is 9.10. The highest BCUT2D eigenvalue weighted by Crippen LogP contribution is 2.38. The third-order valence-corrected chi connectivity index (χ3v) is 7.20. The van der Waals surface area contributed by atoms with E-state index in [2.05, 4.69) is 4.90 Å². The van der Waals surface area contributed by atoms with E-state index in [1.807, 2.05) is 18.2 Å². The summed E-state index contributed by atoms with van der Waals surface area (Å²) in [4.78, 5) is 43.0. The highest BCUT2D eigenvalue weighted by molar-refractivity contribution is 6.36. The summed E-state index contributed by atoms with van der Waals surface area (Å²) in [7, 11) is 3.37. The number of fused-ring (bicyclic) bond motifs is 1. The maximum atomic E-state index is 13.6. The number of benzene rings is 3. The van der Waals surface area contributed by atoms with Crippen LogP contribution in [0.5, 0.6) is 0 Å². The van der Waals surface area contributed by atoms with E-state index in [-0.39, 0.29) is 23.6 Å². The number of aliphatic hydroxyl groups is 1. The monoisotopic (exact) mass is 456 g/mol. The Hall–Kier alpha value is -3.91. The van der Waals surface area contributed by atoms with E-state index in [0.29, 0.717) is 40.6 Å². The minimum atomic E-state index is -0.380. The molecule has 8 heteroatoms. The molecular weight excluding hydrogens is 432 g/mol. The van der Waals surface area contributed by atoms with E-state index in [1.54, 1.807) is 44.4 Å². The molecule has 8 nitrogen and oxygen atoms in total. The molecule has 3 aromatic carbocycles. The summed E-state index contributed by atoms with van der Waals surface area (Å²) >= 11 is 0. The van der Waals surface area contributed by atoms with Crippen molar-refractivity contribution in [3.63, 3.8) is 0 Å². The number of piperidine rings is 1.